The molecule has 2 aromatic carbocycles. The van der Waals surface area contributed by atoms with Gasteiger partial charge >= 0.3 is 0 Å². The van der Waals surface area contributed by atoms with Crippen LogP contribution >= 0.6 is 23.8 Å². The zero-order chi connectivity index (χ0) is 20.1. The molecule has 3 rings (SSSR count). The first-order chi connectivity index (χ1) is 13.5. The van der Waals surface area contributed by atoms with Crippen LogP contribution in [0.15, 0.2) is 47.3 Å². The maximum Gasteiger partial charge on any atom is 0.251 e. The van der Waals surface area contributed by atoms with Crippen LogP contribution in [0.2, 0.25) is 5.02 Å². The number of hydrogen-bond donors (Lipinski definition) is 3. The van der Waals surface area contributed by atoms with E-state index in [1.54, 1.807) is 26.4 Å². The molecule has 0 atom stereocenters. The van der Waals surface area contributed by atoms with Gasteiger partial charge in [-0.3, -0.25) is 4.79 Å². The minimum Gasteiger partial charge on any atom is -0.496 e. The number of ether oxygens (including phenoxy) is 2. The Bertz CT molecular complexity index is 1070. The van der Waals surface area contributed by atoms with Crippen LogP contribution in [0, 0.1) is 0 Å². The van der Waals surface area contributed by atoms with E-state index in [0.717, 1.165) is 11.1 Å². The number of rotatable bonds is 6. The largest absolute Gasteiger partial charge is 0.496 e. The number of H-pyrrole nitrogens is 1. The molecule has 0 fully saturated rings. The molecule has 6 nitrogen and oxygen atoms in total. The average Bonchev–Trinajstić information content (AvgIpc) is 2.69. The second-order valence-electron chi connectivity index (χ2n) is 5.99. The molecule has 0 spiro atoms. The highest BCUT2D eigenvalue weighted by Crippen LogP contribution is 2.31. The summed E-state index contributed by atoms with van der Waals surface area (Å²) < 4.78 is 10.7. The van der Waals surface area contributed by atoms with Gasteiger partial charge in [0.15, 0.2) is 5.11 Å². The number of thiocarbonyl (C=S) groups is 1. The van der Waals surface area contributed by atoms with Crippen molar-refractivity contribution in [3.05, 3.63) is 63.4 Å². The summed E-state index contributed by atoms with van der Waals surface area (Å²) in [4.78, 5) is 15.4. The van der Waals surface area contributed by atoms with Gasteiger partial charge in [0.05, 0.1) is 30.4 Å². The van der Waals surface area contributed by atoms with Crippen molar-refractivity contribution in [2.75, 3.05) is 26.1 Å². The van der Waals surface area contributed by atoms with Gasteiger partial charge in [0, 0.05) is 17.5 Å². The lowest BCUT2D eigenvalue weighted by molar-refractivity contribution is 0.409. The van der Waals surface area contributed by atoms with Crippen molar-refractivity contribution in [1.29, 1.82) is 0 Å². The van der Waals surface area contributed by atoms with Crippen LogP contribution in [-0.2, 0) is 6.42 Å². The van der Waals surface area contributed by atoms with E-state index in [-0.39, 0.29) is 5.56 Å². The summed E-state index contributed by atoms with van der Waals surface area (Å²) in [5.74, 6) is 1.25. The number of aromatic amines is 1. The number of fused-ring (bicyclic) bond motifs is 1. The first kappa shape index (κ1) is 20.0. The second-order valence-corrected chi connectivity index (χ2v) is 6.81. The maximum atomic E-state index is 12.5. The highest BCUT2D eigenvalue weighted by Gasteiger charge is 2.11. The molecule has 0 aliphatic rings. The Morgan fingerprint density at radius 2 is 1.86 bits per heavy atom. The van der Waals surface area contributed by atoms with Gasteiger partial charge in [-0.25, -0.2) is 0 Å². The fourth-order valence-electron chi connectivity index (χ4n) is 2.86. The van der Waals surface area contributed by atoms with Gasteiger partial charge < -0.3 is 25.1 Å². The molecule has 0 aliphatic heterocycles. The summed E-state index contributed by atoms with van der Waals surface area (Å²) in [6, 6.07) is 12.7. The van der Waals surface area contributed by atoms with E-state index in [1.807, 2.05) is 30.3 Å². The molecule has 28 heavy (non-hydrogen) atoms. The summed E-state index contributed by atoms with van der Waals surface area (Å²) in [6.45, 7) is 0.483. The number of methoxy groups -OCH3 is 2. The third-order valence-electron chi connectivity index (χ3n) is 4.26. The molecule has 0 aliphatic carbocycles. The van der Waals surface area contributed by atoms with Crippen molar-refractivity contribution in [1.82, 2.24) is 10.3 Å². The highest BCUT2D eigenvalue weighted by molar-refractivity contribution is 7.80. The molecule has 0 bridgehead atoms. The third kappa shape index (κ3) is 4.37. The normalized spacial score (nSPS) is 10.5. The SMILES string of the molecule is COc1ccc(OC)c2[nH]c(=O)c(CCNC(=S)Nc3ccccc3Cl)cc12. The van der Waals surface area contributed by atoms with Gasteiger partial charge in [0.2, 0.25) is 0 Å². The average molecular weight is 418 g/mol. The topological polar surface area (TPSA) is 75.4 Å². The van der Waals surface area contributed by atoms with Crippen LogP contribution in [0.3, 0.4) is 0 Å². The van der Waals surface area contributed by atoms with Gasteiger partial charge in [-0.1, -0.05) is 23.7 Å². The van der Waals surface area contributed by atoms with Crippen LogP contribution in [0.25, 0.3) is 10.9 Å². The molecule has 0 unspecified atom stereocenters. The molecule has 0 saturated heterocycles. The van der Waals surface area contributed by atoms with E-state index in [9.17, 15) is 4.79 Å². The van der Waals surface area contributed by atoms with Crippen LogP contribution in [0.1, 0.15) is 5.56 Å². The van der Waals surface area contributed by atoms with Crippen molar-refractivity contribution < 1.29 is 9.47 Å². The second kappa shape index (κ2) is 8.95. The first-order valence-electron chi connectivity index (χ1n) is 8.59. The van der Waals surface area contributed by atoms with E-state index in [2.05, 4.69) is 15.6 Å². The number of nitrogens with one attached hydrogen (secondary N) is 3. The Hall–Kier alpha value is -2.77. The van der Waals surface area contributed by atoms with E-state index in [1.165, 1.54) is 0 Å². The number of pyridine rings is 1. The minimum absolute atomic E-state index is 0.175. The number of para-hydroxylation sites is 1. The molecule has 0 saturated carbocycles. The summed E-state index contributed by atoms with van der Waals surface area (Å²) in [6.07, 6.45) is 0.482. The van der Waals surface area contributed by atoms with Crippen LogP contribution < -0.4 is 25.7 Å². The van der Waals surface area contributed by atoms with Crippen LogP contribution in [0.4, 0.5) is 5.69 Å². The first-order valence-corrected chi connectivity index (χ1v) is 9.38. The number of benzene rings is 2. The van der Waals surface area contributed by atoms with Gasteiger partial charge in [-0.05, 0) is 49.0 Å². The predicted molar refractivity (Wildman–Crippen MR) is 117 cm³/mol. The van der Waals surface area contributed by atoms with E-state index < -0.39 is 0 Å². The van der Waals surface area contributed by atoms with Gasteiger partial charge in [-0.15, -0.1) is 0 Å². The fraction of sp³-hybridized carbons (Fsp3) is 0.200. The molecule has 3 N–H and O–H groups in total. The Morgan fingerprint density at radius 3 is 2.57 bits per heavy atom. The monoisotopic (exact) mass is 417 g/mol. The van der Waals surface area contributed by atoms with Crippen LogP contribution in [0.5, 0.6) is 11.5 Å². The Labute approximate surface area is 172 Å². The molecular weight excluding hydrogens is 398 g/mol. The molecule has 0 radical (unpaired) electrons. The standard InChI is InChI=1S/C20H20ClN3O3S/c1-26-16-7-8-17(27-2)18-13(16)11-12(19(25)24-18)9-10-22-20(28)23-15-6-4-3-5-14(15)21/h3-8,11H,9-10H2,1-2H3,(H,24,25)(H2,22,23,28). The van der Waals surface area contributed by atoms with Crippen molar-refractivity contribution in [2.24, 2.45) is 0 Å². The lowest BCUT2D eigenvalue weighted by Gasteiger charge is -2.13. The Morgan fingerprint density at radius 1 is 1.14 bits per heavy atom. The predicted octanol–water partition coefficient (Wildman–Crippen LogP) is 3.73. The molecule has 1 heterocycles. The number of anilines is 1. The Balaban J connectivity index is 1.72. The summed E-state index contributed by atoms with van der Waals surface area (Å²) in [5.41, 5.74) is 1.78. The Kier molecular flexibility index (Phi) is 6.38. The third-order valence-corrected chi connectivity index (χ3v) is 4.83. The molecule has 146 valence electrons. The van der Waals surface area contributed by atoms with Crippen LogP contribution in [-0.4, -0.2) is 30.9 Å². The zero-order valence-corrected chi connectivity index (χ0v) is 17.0. The number of halogens is 1. The molecular formula is C20H20ClN3O3S. The zero-order valence-electron chi connectivity index (χ0n) is 15.5. The van der Waals surface area contributed by atoms with Gasteiger partial charge in [-0.2, -0.15) is 0 Å². The lowest BCUT2D eigenvalue weighted by Crippen LogP contribution is -2.31. The van der Waals surface area contributed by atoms with E-state index >= 15 is 0 Å². The molecule has 3 aromatic rings. The highest BCUT2D eigenvalue weighted by atomic mass is 35.5. The van der Waals surface area contributed by atoms with Crippen molar-refractivity contribution in [2.45, 2.75) is 6.42 Å². The van der Waals surface area contributed by atoms with E-state index in [4.69, 9.17) is 33.3 Å². The van der Waals surface area contributed by atoms with Gasteiger partial charge in [0.1, 0.15) is 11.5 Å². The van der Waals surface area contributed by atoms with Gasteiger partial charge in [0.25, 0.3) is 5.56 Å². The van der Waals surface area contributed by atoms with E-state index in [0.29, 0.717) is 45.7 Å². The molecule has 0 amide bonds. The minimum atomic E-state index is -0.175. The summed E-state index contributed by atoms with van der Waals surface area (Å²) in [5, 5.41) is 7.93. The van der Waals surface area contributed by atoms with Crippen molar-refractivity contribution in [3.8, 4) is 11.5 Å². The summed E-state index contributed by atoms with van der Waals surface area (Å²) in [7, 11) is 3.15. The fourth-order valence-corrected chi connectivity index (χ4v) is 3.25. The smallest absolute Gasteiger partial charge is 0.251 e. The molecule has 8 heteroatoms. The number of aromatic nitrogens is 1. The quantitative estimate of drug-likeness (QED) is 0.531. The van der Waals surface area contributed by atoms with Crippen molar-refractivity contribution in [3.63, 3.8) is 0 Å². The molecule has 1 aromatic heterocycles. The summed E-state index contributed by atoms with van der Waals surface area (Å²) >= 11 is 11.4. The maximum absolute atomic E-state index is 12.5. The lowest BCUT2D eigenvalue weighted by atomic mass is 10.1. The number of hydrogen-bond acceptors (Lipinski definition) is 4. The van der Waals surface area contributed by atoms with Crippen molar-refractivity contribution >= 4 is 45.5 Å².